The van der Waals surface area contributed by atoms with Gasteiger partial charge in [-0.3, -0.25) is 9.59 Å². The second kappa shape index (κ2) is 9.15. The summed E-state index contributed by atoms with van der Waals surface area (Å²) < 4.78 is 0. The van der Waals surface area contributed by atoms with Crippen molar-refractivity contribution in [3.63, 3.8) is 0 Å². The zero-order valence-electron chi connectivity index (χ0n) is 17.5. The molecule has 4 aromatic carbocycles. The van der Waals surface area contributed by atoms with Gasteiger partial charge < -0.3 is 0 Å². The highest BCUT2D eigenvalue weighted by molar-refractivity contribution is 8.27. The van der Waals surface area contributed by atoms with Crippen LogP contribution < -0.4 is 0 Å². The molecule has 0 amide bonds. The Morgan fingerprint density at radius 3 is 1.32 bits per heavy atom. The number of carbonyl (C=O) groups is 2. The fourth-order valence-corrected chi connectivity index (χ4v) is 4.32. The Labute approximate surface area is 187 Å². The normalized spacial score (nSPS) is 10.6. The Bertz CT molecular complexity index is 1150. The lowest BCUT2D eigenvalue weighted by Gasteiger charge is -2.12. The molecule has 4 aromatic rings. The van der Waals surface area contributed by atoms with Crippen LogP contribution in [0, 0.1) is 13.8 Å². The summed E-state index contributed by atoms with van der Waals surface area (Å²) in [5.74, 6) is 0. The van der Waals surface area contributed by atoms with E-state index in [9.17, 15) is 9.59 Å². The van der Waals surface area contributed by atoms with E-state index in [0.717, 1.165) is 45.1 Å². The summed E-state index contributed by atoms with van der Waals surface area (Å²) >= 11 is 0.757. The van der Waals surface area contributed by atoms with Gasteiger partial charge in [-0.2, -0.15) is 0 Å². The molecule has 3 heteroatoms. The Morgan fingerprint density at radius 1 is 0.548 bits per heavy atom. The molecule has 0 aromatic heterocycles. The molecule has 4 rings (SSSR count). The van der Waals surface area contributed by atoms with Crippen LogP contribution in [0.1, 0.15) is 31.8 Å². The third-order valence-electron chi connectivity index (χ3n) is 5.14. The molecule has 0 aliphatic carbocycles. The van der Waals surface area contributed by atoms with Gasteiger partial charge in [0.15, 0.2) is 0 Å². The van der Waals surface area contributed by atoms with Crippen LogP contribution in [0.15, 0.2) is 97.1 Å². The van der Waals surface area contributed by atoms with Crippen LogP contribution in [-0.2, 0) is 0 Å². The van der Waals surface area contributed by atoms with Gasteiger partial charge in [0.1, 0.15) is 0 Å². The molecule has 0 unspecified atom stereocenters. The highest BCUT2D eigenvalue weighted by Gasteiger charge is 2.21. The van der Waals surface area contributed by atoms with Gasteiger partial charge in [-0.1, -0.05) is 96.1 Å². The minimum Gasteiger partial charge on any atom is -0.281 e. The largest absolute Gasteiger partial charge is 0.281 e. The molecule has 0 atom stereocenters. The van der Waals surface area contributed by atoms with Crippen molar-refractivity contribution < 1.29 is 9.59 Å². The highest BCUT2D eigenvalue weighted by Crippen LogP contribution is 2.32. The lowest BCUT2D eigenvalue weighted by Crippen LogP contribution is -2.05. The van der Waals surface area contributed by atoms with E-state index in [0.29, 0.717) is 11.1 Å². The molecule has 2 nitrogen and oxygen atoms in total. The standard InChI is InChI=1S/C28H22O2S/c1-19-13-15-23(25(17-19)21-9-5-3-6-10-21)27(29)31-28(30)24-16-14-20(2)18-26(24)22-11-7-4-8-12-22/h3-18H,1-2H3. The summed E-state index contributed by atoms with van der Waals surface area (Å²) in [7, 11) is 0. The number of rotatable bonds is 4. The second-order valence-corrected chi connectivity index (χ2v) is 8.45. The molecule has 31 heavy (non-hydrogen) atoms. The van der Waals surface area contributed by atoms with Crippen LogP contribution >= 0.6 is 11.8 Å². The predicted molar refractivity (Wildman–Crippen MR) is 129 cm³/mol. The molecule has 0 aliphatic heterocycles. The van der Waals surface area contributed by atoms with E-state index in [4.69, 9.17) is 0 Å². The maximum absolute atomic E-state index is 13.2. The van der Waals surface area contributed by atoms with Gasteiger partial charge in [0.05, 0.1) is 0 Å². The summed E-state index contributed by atoms with van der Waals surface area (Å²) in [5.41, 5.74) is 6.84. The lowest BCUT2D eigenvalue weighted by atomic mass is 9.98. The Hall–Kier alpha value is -3.43. The lowest BCUT2D eigenvalue weighted by molar-refractivity contribution is 0.106. The SMILES string of the molecule is Cc1ccc(C(=O)SC(=O)c2ccc(C)cc2-c2ccccc2)c(-c2ccccc2)c1. The second-order valence-electron chi connectivity index (χ2n) is 7.51. The molecule has 0 saturated heterocycles. The molecule has 0 radical (unpaired) electrons. The van der Waals surface area contributed by atoms with Gasteiger partial charge in [-0.05, 0) is 60.0 Å². The maximum atomic E-state index is 13.2. The van der Waals surface area contributed by atoms with Crippen molar-refractivity contribution in [3.05, 3.63) is 119 Å². The quantitative estimate of drug-likeness (QED) is 0.345. The van der Waals surface area contributed by atoms with Crippen molar-refractivity contribution in [2.24, 2.45) is 0 Å². The topological polar surface area (TPSA) is 34.1 Å². The van der Waals surface area contributed by atoms with Crippen molar-refractivity contribution in [2.75, 3.05) is 0 Å². The molecule has 0 aliphatic rings. The van der Waals surface area contributed by atoms with Gasteiger partial charge in [0.25, 0.3) is 0 Å². The molecule has 0 bridgehead atoms. The molecule has 0 N–H and O–H groups in total. The average Bonchev–Trinajstić information content (AvgIpc) is 2.80. The summed E-state index contributed by atoms with van der Waals surface area (Å²) in [4.78, 5) is 26.4. The molecular formula is C28H22O2S. The van der Waals surface area contributed by atoms with E-state index in [1.807, 2.05) is 111 Å². The van der Waals surface area contributed by atoms with Crippen LogP contribution in [0.4, 0.5) is 0 Å². The number of hydrogen-bond donors (Lipinski definition) is 0. The van der Waals surface area contributed by atoms with Crippen molar-refractivity contribution in [1.82, 2.24) is 0 Å². The third-order valence-corrected chi connectivity index (χ3v) is 5.96. The zero-order valence-corrected chi connectivity index (χ0v) is 18.3. The summed E-state index contributed by atoms with van der Waals surface area (Å²) in [6.45, 7) is 3.99. The minimum absolute atomic E-state index is 0.247. The van der Waals surface area contributed by atoms with Crippen LogP contribution in [0.5, 0.6) is 0 Å². The minimum atomic E-state index is -0.247. The van der Waals surface area contributed by atoms with Gasteiger partial charge in [-0.25, -0.2) is 0 Å². The molecule has 0 saturated carbocycles. The fourth-order valence-electron chi connectivity index (χ4n) is 3.58. The van der Waals surface area contributed by atoms with Crippen LogP contribution in [0.25, 0.3) is 22.3 Å². The summed E-state index contributed by atoms with van der Waals surface area (Å²) in [5, 5.41) is -0.494. The maximum Gasteiger partial charge on any atom is 0.227 e. The monoisotopic (exact) mass is 422 g/mol. The number of hydrogen-bond acceptors (Lipinski definition) is 3. The number of thioether (sulfide) groups is 1. The van der Waals surface area contributed by atoms with Gasteiger partial charge in [0, 0.05) is 11.1 Å². The van der Waals surface area contributed by atoms with Gasteiger partial charge in [-0.15, -0.1) is 0 Å². The van der Waals surface area contributed by atoms with Crippen LogP contribution in [-0.4, -0.2) is 10.2 Å². The first kappa shape index (κ1) is 20.8. The van der Waals surface area contributed by atoms with E-state index >= 15 is 0 Å². The third kappa shape index (κ3) is 4.68. The molecule has 152 valence electrons. The van der Waals surface area contributed by atoms with E-state index in [1.165, 1.54) is 0 Å². The van der Waals surface area contributed by atoms with Crippen molar-refractivity contribution >= 4 is 22.0 Å². The predicted octanol–water partition coefficient (Wildman–Crippen LogP) is 7.35. The molecular weight excluding hydrogens is 400 g/mol. The Morgan fingerprint density at radius 2 is 0.935 bits per heavy atom. The average molecular weight is 423 g/mol. The summed E-state index contributed by atoms with van der Waals surface area (Å²) in [6.07, 6.45) is 0. The first-order valence-electron chi connectivity index (χ1n) is 10.1. The highest BCUT2D eigenvalue weighted by atomic mass is 32.2. The van der Waals surface area contributed by atoms with E-state index < -0.39 is 0 Å². The first-order valence-corrected chi connectivity index (χ1v) is 10.9. The van der Waals surface area contributed by atoms with Crippen molar-refractivity contribution in [3.8, 4) is 22.3 Å². The Kier molecular flexibility index (Phi) is 6.15. The summed E-state index contributed by atoms with van der Waals surface area (Å²) in [6, 6.07) is 31.0. The number of aryl methyl sites for hydroxylation is 2. The zero-order chi connectivity index (χ0) is 21.8. The number of benzene rings is 4. The van der Waals surface area contributed by atoms with E-state index in [2.05, 4.69) is 0 Å². The van der Waals surface area contributed by atoms with Gasteiger partial charge in [0.2, 0.25) is 10.2 Å². The first-order chi connectivity index (χ1) is 15.0. The smallest absolute Gasteiger partial charge is 0.227 e. The van der Waals surface area contributed by atoms with Crippen molar-refractivity contribution in [1.29, 1.82) is 0 Å². The molecule has 0 spiro atoms. The van der Waals surface area contributed by atoms with Crippen LogP contribution in [0.2, 0.25) is 0 Å². The van der Waals surface area contributed by atoms with Crippen LogP contribution in [0.3, 0.4) is 0 Å². The molecule has 0 fully saturated rings. The Balaban J connectivity index is 1.68. The van der Waals surface area contributed by atoms with Crippen molar-refractivity contribution in [2.45, 2.75) is 13.8 Å². The van der Waals surface area contributed by atoms with Gasteiger partial charge >= 0.3 is 0 Å². The van der Waals surface area contributed by atoms with E-state index in [1.54, 1.807) is 0 Å². The van der Waals surface area contributed by atoms with E-state index in [-0.39, 0.29) is 10.2 Å². The molecule has 0 heterocycles. The number of carbonyl (C=O) groups excluding carboxylic acids is 2. The fraction of sp³-hybridized carbons (Fsp3) is 0.0714.